The number of rotatable bonds is 3. The van der Waals surface area contributed by atoms with Crippen molar-refractivity contribution in [1.82, 2.24) is 24.1 Å². The number of aryl methyl sites for hydroxylation is 1. The zero-order chi connectivity index (χ0) is 16.3. The van der Waals surface area contributed by atoms with Crippen LogP contribution < -0.4 is 0 Å². The molecule has 2 unspecified atom stereocenters. The maximum Gasteiger partial charge on any atom is 0.137 e. The molecule has 0 bridgehead atoms. The first-order chi connectivity index (χ1) is 11.7. The maximum absolute atomic E-state index is 9.26. The highest BCUT2D eigenvalue weighted by Gasteiger charge is 2.44. The number of fused-ring (bicyclic) bond motifs is 2. The van der Waals surface area contributed by atoms with Crippen LogP contribution in [0.3, 0.4) is 0 Å². The van der Waals surface area contributed by atoms with Crippen molar-refractivity contribution in [3.63, 3.8) is 0 Å². The van der Waals surface area contributed by atoms with Gasteiger partial charge in [-0.05, 0) is 36.2 Å². The number of hydrogen-bond acceptors (Lipinski definition) is 4. The van der Waals surface area contributed by atoms with E-state index in [1.165, 1.54) is 0 Å². The van der Waals surface area contributed by atoms with Crippen LogP contribution in [0, 0.1) is 0 Å². The van der Waals surface area contributed by atoms with Crippen LogP contribution in [0.2, 0.25) is 0 Å². The van der Waals surface area contributed by atoms with E-state index in [0.29, 0.717) is 11.8 Å². The van der Waals surface area contributed by atoms with E-state index in [1.54, 1.807) is 0 Å². The van der Waals surface area contributed by atoms with Gasteiger partial charge in [0.1, 0.15) is 11.2 Å². The van der Waals surface area contributed by atoms with E-state index in [2.05, 4.69) is 17.2 Å². The van der Waals surface area contributed by atoms with Crippen molar-refractivity contribution in [2.45, 2.75) is 24.9 Å². The Kier molecular flexibility index (Phi) is 2.78. The normalized spacial score (nSPS) is 20.1. The molecule has 0 aromatic carbocycles. The van der Waals surface area contributed by atoms with Crippen molar-refractivity contribution < 1.29 is 5.11 Å². The molecule has 0 spiro atoms. The predicted molar refractivity (Wildman–Crippen MR) is 89.7 cm³/mol. The second kappa shape index (κ2) is 4.88. The standard InChI is InChI=1S/C18H17N5O/c1-22-15-3-2-5-19-18(15)17(21-22)13-8-12(13)14-9-23-6-4-11(10-24)7-16(23)20-14/h2-7,9,12-13,24H,8,10H2,1H3. The second-order valence-corrected chi connectivity index (χ2v) is 6.45. The van der Waals surface area contributed by atoms with Gasteiger partial charge in [-0.2, -0.15) is 5.10 Å². The minimum Gasteiger partial charge on any atom is -0.392 e. The molecule has 0 amide bonds. The van der Waals surface area contributed by atoms with E-state index >= 15 is 0 Å². The van der Waals surface area contributed by atoms with E-state index in [0.717, 1.165) is 40.1 Å². The third-order valence-electron chi connectivity index (χ3n) is 4.88. The van der Waals surface area contributed by atoms with Crippen molar-refractivity contribution in [3.05, 3.63) is 59.8 Å². The average molecular weight is 319 g/mol. The minimum absolute atomic E-state index is 0.0380. The van der Waals surface area contributed by atoms with Crippen molar-refractivity contribution in [2.75, 3.05) is 0 Å². The zero-order valence-electron chi connectivity index (χ0n) is 13.3. The van der Waals surface area contributed by atoms with Gasteiger partial charge in [-0.3, -0.25) is 9.67 Å². The van der Waals surface area contributed by atoms with Gasteiger partial charge in [0.15, 0.2) is 0 Å². The largest absolute Gasteiger partial charge is 0.392 e. The monoisotopic (exact) mass is 319 g/mol. The molecule has 4 heterocycles. The van der Waals surface area contributed by atoms with Gasteiger partial charge in [-0.1, -0.05) is 0 Å². The van der Waals surface area contributed by atoms with Gasteiger partial charge in [0.2, 0.25) is 0 Å². The Morgan fingerprint density at radius 1 is 1.29 bits per heavy atom. The quantitative estimate of drug-likeness (QED) is 0.629. The molecule has 0 aliphatic heterocycles. The number of aliphatic hydroxyl groups is 1. The summed E-state index contributed by atoms with van der Waals surface area (Å²) in [5.41, 5.74) is 5.99. The Labute approximate surface area is 138 Å². The molecule has 2 atom stereocenters. The lowest BCUT2D eigenvalue weighted by molar-refractivity contribution is 0.282. The highest BCUT2D eigenvalue weighted by molar-refractivity contribution is 5.78. The third kappa shape index (κ3) is 1.96. The highest BCUT2D eigenvalue weighted by Crippen LogP contribution is 2.54. The van der Waals surface area contributed by atoms with Crippen molar-refractivity contribution in [1.29, 1.82) is 0 Å². The first kappa shape index (κ1) is 13.7. The summed E-state index contributed by atoms with van der Waals surface area (Å²) in [5, 5.41) is 14.0. The molecule has 4 aromatic heterocycles. The molecule has 4 aromatic rings. The van der Waals surface area contributed by atoms with E-state index < -0.39 is 0 Å². The topological polar surface area (TPSA) is 68.2 Å². The molecular formula is C18H17N5O. The van der Waals surface area contributed by atoms with E-state index in [4.69, 9.17) is 10.1 Å². The van der Waals surface area contributed by atoms with Gasteiger partial charge >= 0.3 is 0 Å². The summed E-state index contributed by atoms with van der Waals surface area (Å²) in [6.45, 7) is 0.0380. The molecule has 6 heteroatoms. The number of imidazole rings is 1. The SMILES string of the molecule is Cn1nc(C2CC2c2cn3ccc(CO)cc3n2)c2ncccc21. The lowest BCUT2D eigenvalue weighted by Gasteiger charge is -1.95. The van der Waals surface area contributed by atoms with Crippen LogP contribution in [0.4, 0.5) is 0 Å². The molecule has 1 N–H and O–H groups in total. The Bertz CT molecular complexity index is 1060. The Morgan fingerprint density at radius 2 is 2.21 bits per heavy atom. The van der Waals surface area contributed by atoms with Gasteiger partial charge in [0.25, 0.3) is 0 Å². The number of aliphatic hydroxyl groups excluding tert-OH is 1. The minimum atomic E-state index is 0.0380. The van der Waals surface area contributed by atoms with Crippen molar-refractivity contribution in [3.8, 4) is 0 Å². The Morgan fingerprint density at radius 3 is 3.08 bits per heavy atom. The van der Waals surface area contributed by atoms with Crippen LogP contribution in [0.25, 0.3) is 16.7 Å². The summed E-state index contributed by atoms with van der Waals surface area (Å²) in [5.74, 6) is 0.772. The fourth-order valence-corrected chi connectivity index (χ4v) is 3.51. The fraction of sp³-hybridized carbons (Fsp3) is 0.278. The molecule has 1 aliphatic rings. The number of nitrogens with zero attached hydrogens (tertiary/aromatic N) is 5. The second-order valence-electron chi connectivity index (χ2n) is 6.45. The molecule has 0 radical (unpaired) electrons. The average Bonchev–Trinajstić information content (AvgIpc) is 3.18. The molecule has 1 saturated carbocycles. The van der Waals surface area contributed by atoms with Crippen LogP contribution in [0.15, 0.2) is 42.9 Å². The van der Waals surface area contributed by atoms with Gasteiger partial charge in [0, 0.05) is 37.5 Å². The lowest BCUT2D eigenvalue weighted by Crippen LogP contribution is -1.91. The summed E-state index contributed by atoms with van der Waals surface area (Å²) in [6, 6.07) is 7.84. The number of pyridine rings is 2. The molecule has 1 aliphatic carbocycles. The molecule has 6 nitrogen and oxygen atoms in total. The molecule has 1 fully saturated rings. The van der Waals surface area contributed by atoms with Gasteiger partial charge in [-0.15, -0.1) is 0 Å². The number of aromatic nitrogens is 5. The van der Waals surface area contributed by atoms with Crippen LogP contribution in [-0.4, -0.2) is 29.3 Å². The lowest BCUT2D eigenvalue weighted by atomic mass is 10.2. The van der Waals surface area contributed by atoms with E-state index in [1.807, 2.05) is 46.7 Å². The van der Waals surface area contributed by atoms with Gasteiger partial charge < -0.3 is 9.51 Å². The molecule has 24 heavy (non-hydrogen) atoms. The van der Waals surface area contributed by atoms with Crippen LogP contribution in [-0.2, 0) is 13.7 Å². The Balaban J connectivity index is 1.51. The van der Waals surface area contributed by atoms with E-state index in [9.17, 15) is 5.11 Å². The predicted octanol–water partition coefficient (Wildman–Crippen LogP) is 2.38. The molecule has 120 valence electrons. The first-order valence-corrected chi connectivity index (χ1v) is 8.10. The molecular weight excluding hydrogens is 302 g/mol. The summed E-state index contributed by atoms with van der Waals surface area (Å²) < 4.78 is 3.92. The van der Waals surface area contributed by atoms with Crippen LogP contribution in [0.1, 0.15) is 35.2 Å². The van der Waals surface area contributed by atoms with Crippen LogP contribution in [0.5, 0.6) is 0 Å². The van der Waals surface area contributed by atoms with E-state index in [-0.39, 0.29) is 6.61 Å². The summed E-state index contributed by atoms with van der Waals surface area (Å²) in [4.78, 5) is 9.26. The number of hydrogen-bond donors (Lipinski definition) is 1. The van der Waals surface area contributed by atoms with Gasteiger partial charge in [0.05, 0.1) is 23.5 Å². The Hall–Kier alpha value is -2.73. The zero-order valence-corrected chi connectivity index (χ0v) is 13.3. The first-order valence-electron chi connectivity index (χ1n) is 8.10. The molecule has 5 rings (SSSR count). The molecule has 0 saturated heterocycles. The van der Waals surface area contributed by atoms with Crippen LogP contribution >= 0.6 is 0 Å². The van der Waals surface area contributed by atoms with Gasteiger partial charge in [-0.25, -0.2) is 4.98 Å². The van der Waals surface area contributed by atoms with Crippen molar-refractivity contribution >= 4 is 16.7 Å². The summed E-state index contributed by atoms with van der Waals surface area (Å²) in [6.07, 6.45) is 6.91. The smallest absolute Gasteiger partial charge is 0.137 e. The maximum atomic E-state index is 9.26. The fourth-order valence-electron chi connectivity index (χ4n) is 3.51. The van der Waals surface area contributed by atoms with Crippen molar-refractivity contribution in [2.24, 2.45) is 7.05 Å². The third-order valence-corrected chi connectivity index (χ3v) is 4.88. The summed E-state index contributed by atoms with van der Waals surface area (Å²) >= 11 is 0. The highest BCUT2D eigenvalue weighted by atomic mass is 16.3. The summed E-state index contributed by atoms with van der Waals surface area (Å²) in [7, 11) is 1.96.